The number of rotatable bonds is 5. The number of hydrogen-bond acceptors (Lipinski definition) is 5. The summed E-state index contributed by atoms with van der Waals surface area (Å²) in [7, 11) is 0. The normalized spacial score (nSPS) is 34.2. The summed E-state index contributed by atoms with van der Waals surface area (Å²) in [5.74, 6) is 0.221. The fourth-order valence-electron chi connectivity index (χ4n) is 5.37. The molecule has 6 atom stereocenters. The lowest BCUT2D eigenvalue weighted by atomic mass is 9.63. The highest BCUT2D eigenvalue weighted by Gasteiger charge is 2.66. The molecule has 2 bridgehead atoms. The van der Waals surface area contributed by atoms with Crippen LogP contribution >= 0.6 is 0 Å². The van der Waals surface area contributed by atoms with Gasteiger partial charge in [-0.1, -0.05) is 18.2 Å². The third kappa shape index (κ3) is 2.47. The van der Waals surface area contributed by atoms with Crippen molar-refractivity contribution in [2.45, 2.75) is 12.8 Å². The maximum absolute atomic E-state index is 12.9. The summed E-state index contributed by atoms with van der Waals surface area (Å²) in [6.45, 7) is 0.0419. The second kappa shape index (κ2) is 5.98. The van der Waals surface area contributed by atoms with Gasteiger partial charge in [-0.3, -0.25) is 29.4 Å². The van der Waals surface area contributed by atoms with Crippen molar-refractivity contribution < 1.29 is 19.3 Å². The summed E-state index contributed by atoms with van der Waals surface area (Å²) in [5, 5.41) is 13.4. The van der Waals surface area contributed by atoms with Crippen molar-refractivity contribution in [3.63, 3.8) is 0 Å². The van der Waals surface area contributed by atoms with Crippen LogP contribution in [0.3, 0.4) is 0 Å². The summed E-state index contributed by atoms with van der Waals surface area (Å²) in [6.07, 6.45) is 5.31. The molecule has 144 valence electrons. The average Bonchev–Trinajstić information content (AvgIpc) is 3.45. The van der Waals surface area contributed by atoms with Crippen LogP contribution in [0.25, 0.3) is 0 Å². The van der Waals surface area contributed by atoms with E-state index in [-0.39, 0.29) is 60.0 Å². The molecule has 0 unspecified atom stereocenters. The number of hydrogen-bond donors (Lipinski definition) is 1. The Bertz CT molecular complexity index is 906. The highest BCUT2D eigenvalue weighted by atomic mass is 16.6. The molecule has 28 heavy (non-hydrogen) atoms. The molecular weight excluding hydrogens is 362 g/mol. The number of carbonyl (C=O) groups excluding carboxylic acids is 3. The molecule has 0 radical (unpaired) electrons. The molecular formula is C20H19N3O5. The molecule has 0 aromatic heterocycles. The Kier molecular flexibility index (Phi) is 3.65. The molecule has 8 nitrogen and oxygen atoms in total. The van der Waals surface area contributed by atoms with Gasteiger partial charge in [0.1, 0.15) is 0 Å². The number of carbonyl (C=O) groups is 3. The molecule has 0 spiro atoms. The standard InChI is InChI=1S/C20H19N3O5/c24-16(21-10-2-1-3-11(8-10)23(27)28)6-7-22-19(25)17-12-4-5-13(15-9-14(12)15)18(17)20(22)26/h1-5,8,12-15,17-18H,6-7,9H2,(H,21,24)/t12-,13+,14-,15-,17+,18+/m1/s1. The summed E-state index contributed by atoms with van der Waals surface area (Å²) < 4.78 is 0. The molecule has 5 aliphatic rings. The lowest BCUT2D eigenvalue weighted by molar-refractivity contribution is -0.384. The summed E-state index contributed by atoms with van der Waals surface area (Å²) >= 11 is 0. The third-order valence-electron chi connectivity index (χ3n) is 6.66. The number of nitrogens with zero attached hydrogens (tertiary/aromatic N) is 2. The predicted molar refractivity (Wildman–Crippen MR) is 97.8 cm³/mol. The second-order valence-corrected chi connectivity index (χ2v) is 8.09. The van der Waals surface area contributed by atoms with E-state index in [0.29, 0.717) is 17.5 Å². The van der Waals surface area contributed by atoms with Crippen LogP contribution < -0.4 is 5.32 Å². The Morgan fingerprint density at radius 3 is 2.39 bits per heavy atom. The van der Waals surface area contributed by atoms with Gasteiger partial charge >= 0.3 is 0 Å². The van der Waals surface area contributed by atoms with Crippen molar-refractivity contribution in [3.8, 4) is 0 Å². The van der Waals surface area contributed by atoms with E-state index in [1.165, 1.54) is 23.1 Å². The minimum absolute atomic E-state index is 0.0325. The molecule has 1 N–H and O–H groups in total. The number of nitro benzene ring substituents is 1. The largest absolute Gasteiger partial charge is 0.326 e. The number of nitrogens with one attached hydrogen (secondary N) is 1. The Morgan fingerprint density at radius 2 is 1.79 bits per heavy atom. The fourth-order valence-corrected chi connectivity index (χ4v) is 5.37. The molecule has 4 aliphatic carbocycles. The van der Waals surface area contributed by atoms with Gasteiger partial charge in [0.2, 0.25) is 17.7 Å². The first-order valence-electron chi connectivity index (χ1n) is 9.53. The van der Waals surface area contributed by atoms with Crippen molar-refractivity contribution in [1.82, 2.24) is 4.90 Å². The quantitative estimate of drug-likeness (QED) is 0.363. The highest BCUT2D eigenvalue weighted by molar-refractivity contribution is 6.06. The summed E-state index contributed by atoms with van der Waals surface area (Å²) in [6, 6.07) is 5.65. The number of imide groups is 1. The first kappa shape index (κ1) is 17.1. The molecule has 3 fully saturated rings. The lowest BCUT2D eigenvalue weighted by Crippen LogP contribution is -2.40. The molecule has 1 aromatic rings. The van der Waals surface area contributed by atoms with Crippen LogP contribution in [-0.2, 0) is 14.4 Å². The molecule has 1 aromatic carbocycles. The van der Waals surface area contributed by atoms with Crippen LogP contribution in [-0.4, -0.2) is 34.1 Å². The van der Waals surface area contributed by atoms with Crippen molar-refractivity contribution in [2.75, 3.05) is 11.9 Å². The first-order chi connectivity index (χ1) is 13.5. The summed E-state index contributed by atoms with van der Waals surface area (Å²) in [5.41, 5.74) is 0.197. The Morgan fingerprint density at radius 1 is 1.14 bits per heavy atom. The Balaban J connectivity index is 1.23. The topological polar surface area (TPSA) is 110 Å². The second-order valence-electron chi connectivity index (χ2n) is 8.09. The van der Waals surface area contributed by atoms with Crippen molar-refractivity contribution in [1.29, 1.82) is 0 Å². The predicted octanol–water partition coefficient (Wildman–Crippen LogP) is 1.98. The molecule has 6 rings (SSSR count). The van der Waals surface area contributed by atoms with E-state index in [1.807, 2.05) is 0 Å². The first-order valence-corrected chi connectivity index (χ1v) is 9.53. The third-order valence-corrected chi connectivity index (χ3v) is 6.66. The number of nitro groups is 1. The van der Waals surface area contributed by atoms with Gasteiger partial charge in [0, 0.05) is 30.8 Å². The average molecular weight is 381 g/mol. The zero-order valence-electron chi connectivity index (χ0n) is 15.0. The van der Waals surface area contributed by atoms with Gasteiger partial charge in [0.25, 0.3) is 5.69 Å². The van der Waals surface area contributed by atoms with Gasteiger partial charge < -0.3 is 5.32 Å². The SMILES string of the molecule is O=C(CCN1C(=O)[C@H]2[C@@H]3C=C[C@@H]([C@H]4C[C@H]34)[C@@H]2C1=O)Nc1cccc([N+](=O)[O-])c1. The van der Waals surface area contributed by atoms with Crippen molar-refractivity contribution >= 4 is 29.1 Å². The molecule has 1 saturated heterocycles. The van der Waals surface area contributed by atoms with E-state index in [2.05, 4.69) is 17.5 Å². The van der Waals surface area contributed by atoms with Gasteiger partial charge in [-0.25, -0.2) is 0 Å². The monoisotopic (exact) mass is 381 g/mol. The Hall–Kier alpha value is -3.03. The molecule has 3 amide bonds. The maximum Gasteiger partial charge on any atom is 0.271 e. The van der Waals surface area contributed by atoms with Crippen molar-refractivity contribution in [2.24, 2.45) is 35.5 Å². The number of anilines is 1. The number of allylic oxidation sites excluding steroid dienone is 2. The summed E-state index contributed by atoms with van der Waals surface area (Å²) in [4.78, 5) is 49.5. The van der Waals surface area contributed by atoms with E-state index in [4.69, 9.17) is 0 Å². The number of non-ortho nitro benzene ring substituents is 1. The van der Waals surface area contributed by atoms with Gasteiger partial charge in [-0.2, -0.15) is 0 Å². The van der Waals surface area contributed by atoms with Gasteiger partial charge in [-0.05, 0) is 36.2 Å². The molecule has 1 aliphatic heterocycles. The minimum Gasteiger partial charge on any atom is -0.326 e. The van der Waals surface area contributed by atoms with Crippen molar-refractivity contribution in [3.05, 3.63) is 46.5 Å². The number of likely N-dealkylation sites (tertiary alicyclic amines) is 1. The van der Waals surface area contributed by atoms with E-state index >= 15 is 0 Å². The van der Waals surface area contributed by atoms with E-state index in [0.717, 1.165) is 6.42 Å². The lowest BCUT2D eigenvalue weighted by Gasteiger charge is -2.37. The molecule has 2 saturated carbocycles. The van der Waals surface area contributed by atoms with Gasteiger partial charge in [0.15, 0.2) is 0 Å². The number of benzene rings is 1. The van der Waals surface area contributed by atoms with Crippen LogP contribution in [0.2, 0.25) is 0 Å². The van der Waals surface area contributed by atoms with Gasteiger partial charge in [-0.15, -0.1) is 0 Å². The maximum atomic E-state index is 12.9. The Labute approximate surface area is 160 Å². The van der Waals surface area contributed by atoms with E-state index in [1.54, 1.807) is 6.07 Å². The van der Waals surface area contributed by atoms with Crippen LogP contribution in [0.4, 0.5) is 11.4 Å². The van der Waals surface area contributed by atoms with Crippen LogP contribution in [0.15, 0.2) is 36.4 Å². The number of amides is 3. The fraction of sp³-hybridized carbons (Fsp3) is 0.450. The zero-order chi connectivity index (χ0) is 19.6. The minimum atomic E-state index is -0.536. The van der Waals surface area contributed by atoms with E-state index < -0.39 is 4.92 Å². The van der Waals surface area contributed by atoms with E-state index in [9.17, 15) is 24.5 Å². The van der Waals surface area contributed by atoms with Crippen LogP contribution in [0.1, 0.15) is 12.8 Å². The molecule has 1 heterocycles. The zero-order valence-corrected chi connectivity index (χ0v) is 15.0. The van der Waals surface area contributed by atoms with Crippen LogP contribution in [0.5, 0.6) is 0 Å². The smallest absolute Gasteiger partial charge is 0.271 e. The van der Waals surface area contributed by atoms with Crippen LogP contribution in [0, 0.1) is 45.6 Å². The highest BCUT2D eigenvalue weighted by Crippen LogP contribution is 2.65. The molecule has 8 heteroatoms. The van der Waals surface area contributed by atoms with Gasteiger partial charge in [0.05, 0.1) is 16.8 Å².